The number of nitrogens with one attached hydrogen (secondary N) is 1. The van der Waals surface area contributed by atoms with Gasteiger partial charge in [-0.2, -0.15) is 0 Å². The van der Waals surface area contributed by atoms with Crippen molar-refractivity contribution in [2.45, 2.75) is 71.8 Å². The predicted molar refractivity (Wildman–Crippen MR) is 83.8 cm³/mol. The van der Waals surface area contributed by atoms with Crippen LogP contribution in [0.1, 0.15) is 65.7 Å². The molecule has 4 nitrogen and oxygen atoms in total. The van der Waals surface area contributed by atoms with Crippen molar-refractivity contribution < 1.29 is 9.59 Å². The molecule has 21 heavy (non-hydrogen) atoms. The van der Waals surface area contributed by atoms with Crippen LogP contribution in [0.3, 0.4) is 0 Å². The Balaban J connectivity index is 1.96. The van der Waals surface area contributed by atoms with E-state index in [1.54, 1.807) is 0 Å². The second-order valence-corrected chi connectivity index (χ2v) is 7.73. The molecule has 2 amide bonds. The molecule has 0 aromatic carbocycles. The predicted octanol–water partition coefficient (Wildman–Crippen LogP) is 2.72. The van der Waals surface area contributed by atoms with Crippen molar-refractivity contribution >= 4 is 11.8 Å². The topological polar surface area (TPSA) is 49.4 Å². The third-order valence-corrected chi connectivity index (χ3v) is 4.87. The van der Waals surface area contributed by atoms with Gasteiger partial charge in [0.1, 0.15) is 6.04 Å². The van der Waals surface area contributed by atoms with Gasteiger partial charge in [-0.05, 0) is 17.8 Å². The lowest BCUT2D eigenvalue weighted by atomic mass is 9.85. The molecule has 1 saturated heterocycles. The van der Waals surface area contributed by atoms with Crippen molar-refractivity contribution in [2.75, 3.05) is 13.1 Å². The number of hydrogen-bond acceptors (Lipinski definition) is 2. The molecule has 1 atom stereocenters. The zero-order valence-electron chi connectivity index (χ0n) is 13.8. The summed E-state index contributed by atoms with van der Waals surface area (Å²) in [6.45, 7) is 7.43. The zero-order chi connectivity index (χ0) is 15.5. The first-order valence-electron chi connectivity index (χ1n) is 8.46. The number of amides is 2. The van der Waals surface area contributed by atoms with Gasteiger partial charge >= 0.3 is 0 Å². The van der Waals surface area contributed by atoms with Crippen LogP contribution in [-0.4, -0.2) is 35.8 Å². The second kappa shape index (κ2) is 6.80. The molecule has 0 aromatic heterocycles. The van der Waals surface area contributed by atoms with Crippen LogP contribution in [0.2, 0.25) is 0 Å². The summed E-state index contributed by atoms with van der Waals surface area (Å²) in [6.07, 6.45) is 8.18. The lowest BCUT2D eigenvalue weighted by molar-refractivity contribution is -0.136. The molecule has 4 heteroatoms. The average molecular weight is 294 g/mol. The van der Waals surface area contributed by atoms with Gasteiger partial charge in [0.2, 0.25) is 11.8 Å². The number of hydrogen-bond donors (Lipinski definition) is 1. The first kappa shape index (κ1) is 16.3. The molecule has 0 aromatic rings. The van der Waals surface area contributed by atoms with Crippen molar-refractivity contribution in [3.63, 3.8) is 0 Å². The number of nitrogens with zero attached hydrogens (tertiary/aromatic N) is 1. The van der Waals surface area contributed by atoms with Gasteiger partial charge in [-0.15, -0.1) is 0 Å². The maximum Gasteiger partial charge on any atom is 0.245 e. The monoisotopic (exact) mass is 294 g/mol. The van der Waals surface area contributed by atoms with E-state index in [1.165, 1.54) is 32.1 Å². The highest BCUT2D eigenvalue weighted by Gasteiger charge is 2.37. The smallest absolute Gasteiger partial charge is 0.245 e. The Morgan fingerprint density at radius 3 is 2.43 bits per heavy atom. The SMILES string of the molecule is CC(C)(C)C1NC(=O)CCN(CCC2CCCCC2)C1=O. The van der Waals surface area contributed by atoms with Gasteiger partial charge in [0, 0.05) is 19.5 Å². The minimum atomic E-state index is -0.390. The number of carbonyl (C=O) groups is 2. The molecule has 1 unspecified atom stereocenters. The molecule has 0 bridgehead atoms. The van der Waals surface area contributed by atoms with E-state index in [1.807, 2.05) is 25.7 Å². The normalized spacial score (nSPS) is 25.7. The summed E-state index contributed by atoms with van der Waals surface area (Å²) in [5.41, 5.74) is -0.236. The van der Waals surface area contributed by atoms with Gasteiger partial charge in [0.25, 0.3) is 0 Å². The van der Waals surface area contributed by atoms with Crippen molar-refractivity contribution in [3.05, 3.63) is 0 Å². The molecule has 0 spiro atoms. The van der Waals surface area contributed by atoms with Crippen molar-refractivity contribution in [1.82, 2.24) is 10.2 Å². The molecule has 1 aliphatic heterocycles. The van der Waals surface area contributed by atoms with Crippen molar-refractivity contribution in [2.24, 2.45) is 11.3 Å². The standard InChI is InChI=1S/C17H30N2O2/c1-17(2,3)15-16(21)19(12-10-14(20)18-15)11-9-13-7-5-4-6-8-13/h13,15H,4-12H2,1-3H3,(H,18,20). The van der Waals surface area contributed by atoms with Crippen LogP contribution >= 0.6 is 0 Å². The summed E-state index contributed by atoms with van der Waals surface area (Å²) >= 11 is 0. The Morgan fingerprint density at radius 2 is 1.81 bits per heavy atom. The molecule has 2 fully saturated rings. The number of carbonyl (C=O) groups excluding carboxylic acids is 2. The summed E-state index contributed by atoms with van der Waals surface area (Å²) in [4.78, 5) is 26.5. The minimum Gasteiger partial charge on any atom is -0.344 e. The first-order chi connectivity index (χ1) is 9.88. The zero-order valence-corrected chi connectivity index (χ0v) is 13.8. The van der Waals surface area contributed by atoms with Crippen LogP contribution in [0, 0.1) is 11.3 Å². The molecular weight excluding hydrogens is 264 g/mol. The second-order valence-electron chi connectivity index (χ2n) is 7.73. The van der Waals surface area contributed by atoms with Gasteiger partial charge in [-0.3, -0.25) is 9.59 Å². The van der Waals surface area contributed by atoms with E-state index in [2.05, 4.69) is 5.32 Å². The number of rotatable bonds is 3. The molecule has 1 aliphatic carbocycles. The highest BCUT2D eigenvalue weighted by molar-refractivity contribution is 5.90. The van der Waals surface area contributed by atoms with E-state index >= 15 is 0 Å². The van der Waals surface area contributed by atoms with Crippen LogP contribution in [0.15, 0.2) is 0 Å². The Kier molecular flexibility index (Phi) is 5.28. The Labute approximate surface area is 128 Å². The molecular formula is C17H30N2O2. The van der Waals surface area contributed by atoms with E-state index in [-0.39, 0.29) is 23.3 Å². The maximum absolute atomic E-state index is 12.7. The van der Waals surface area contributed by atoms with Crippen molar-refractivity contribution in [1.29, 1.82) is 0 Å². The third kappa shape index (κ3) is 4.45. The Morgan fingerprint density at radius 1 is 1.14 bits per heavy atom. The van der Waals surface area contributed by atoms with E-state index in [0.717, 1.165) is 18.9 Å². The summed E-state index contributed by atoms with van der Waals surface area (Å²) in [7, 11) is 0. The molecule has 1 N–H and O–H groups in total. The third-order valence-electron chi connectivity index (χ3n) is 4.87. The highest BCUT2D eigenvalue weighted by atomic mass is 16.2. The van der Waals surface area contributed by atoms with E-state index < -0.39 is 0 Å². The van der Waals surface area contributed by atoms with Gasteiger partial charge in [0.05, 0.1) is 0 Å². The van der Waals surface area contributed by atoms with E-state index in [0.29, 0.717) is 13.0 Å². The lowest BCUT2D eigenvalue weighted by Gasteiger charge is -2.33. The van der Waals surface area contributed by atoms with Crippen LogP contribution < -0.4 is 5.32 Å². The average Bonchev–Trinajstić information content (AvgIpc) is 2.57. The van der Waals surface area contributed by atoms with Crippen LogP contribution in [0.5, 0.6) is 0 Å². The highest BCUT2D eigenvalue weighted by Crippen LogP contribution is 2.28. The lowest BCUT2D eigenvalue weighted by Crippen LogP contribution is -2.52. The maximum atomic E-state index is 12.7. The summed E-state index contributed by atoms with van der Waals surface area (Å²) in [5, 5.41) is 2.91. The molecule has 2 rings (SSSR count). The summed E-state index contributed by atoms with van der Waals surface area (Å²) < 4.78 is 0. The van der Waals surface area contributed by atoms with Crippen LogP contribution in [-0.2, 0) is 9.59 Å². The fourth-order valence-electron chi connectivity index (χ4n) is 3.45. The fourth-order valence-corrected chi connectivity index (χ4v) is 3.45. The van der Waals surface area contributed by atoms with E-state index in [9.17, 15) is 9.59 Å². The quantitative estimate of drug-likeness (QED) is 0.870. The Hall–Kier alpha value is -1.06. The van der Waals surface area contributed by atoms with Crippen molar-refractivity contribution in [3.8, 4) is 0 Å². The van der Waals surface area contributed by atoms with Crippen LogP contribution in [0.25, 0.3) is 0 Å². The van der Waals surface area contributed by atoms with Gasteiger partial charge in [-0.1, -0.05) is 52.9 Å². The largest absolute Gasteiger partial charge is 0.344 e. The fraction of sp³-hybridized carbons (Fsp3) is 0.882. The molecule has 2 aliphatic rings. The molecule has 120 valence electrons. The molecule has 1 heterocycles. The van der Waals surface area contributed by atoms with E-state index in [4.69, 9.17) is 0 Å². The first-order valence-corrected chi connectivity index (χ1v) is 8.46. The molecule has 1 saturated carbocycles. The Bertz CT molecular complexity index is 381. The van der Waals surface area contributed by atoms with Gasteiger partial charge in [-0.25, -0.2) is 0 Å². The van der Waals surface area contributed by atoms with Gasteiger partial charge in [0.15, 0.2) is 0 Å². The van der Waals surface area contributed by atoms with Gasteiger partial charge < -0.3 is 10.2 Å². The van der Waals surface area contributed by atoms with Crippen LogP contribution in [0.4, 0.5) is 0 Å². The molecule has 0 radical (unpaired) electrons. The summed E-state index contributed by atoms with van der Waals surface area (Å²) in [6, 6.07) is -0.390. The minimum absolute atomic E-state index is 0.00319. The summed E-state index contributed by atoms with van der Waals surface area (Å²) in [5.74, 6) is 0.874.